The van der Waals surface area contributed by atoms with E-state index in [4.69, 9.17) is 11.6 Å². The number of nitrogens with zero attached hydrogens (tertiary/aromatic N) is 1. The van der Waals surface area contributed by atoms with Gasteiger partial charge in [-0.15, -0.1) is 0 Å². The Morgan fingerprint density at radius 2 is 1.79 bits per heavy atom. The second-order valence-corrected chi connectivity index (χ2v) is 8.75. The number of carbonyl (C=O) groups excluding carboxylic acids is 1. The highest BCUT2D eigenvalue weighted by Crippen LogP contribution is 2.41. The lowest BCUT2D eigenvalue weighted by Crippen LogP contribution is -2.29. The van der Waals surface area contributed by atoms with E-state index in [1.165, 1.54) is 16.5 Å². The average Bonchev–Trinajstić information content (AvgIpc) is 2.74. The monoisotopic (exact) mass is 406 g/mol. The van der Waals surface area contributed by atoms with Crippen LogP contribution in [-0.4, -0.2) is 10.9 Å². The minimum absolute atomic E-state index is 0.00283. The molecule has 150 valence electrons. The maximum atomic E-state index is 12.7. The Morgan fingerprint density at radius 1 is 1.07 bits per heavy atom. The summed E-state index contributed by atoms with van der Waals surface area (Å²) in [7, 11) is 0. The number of hydrogen-bond donors (Lipinski definition) is 1. The number of aryl methyl sites for hydroxylation is 1. The van der Waals surface area contributed by atoms with E-state index < -0.39 is 0 Å². The molecule has 1 aliphatic rings. The fourth-order valence-corrected chi connectivity index (χ4v) is 4.70. The molecule has 1 aromatic heterocycles. The van der Waals surface area contributed by atoms with Gasteiger partial charge in [0.05, 0.1) is 5.52 Å². The van der Waals surface area contributed by atoms with Crippen molar-refractivity contribution >= 4 is 34.1 Å². The first-order valence-corrected chi connectivity index (χ1v) is 10.8. The summed E-state index contributed by atoms with van der Waals surface area (Å²) in [5.74, 6) is 1.07. The number of rotatable bonds is 4. The molecule has 1 fully saturated rings. The Labute approximate surface area is 177 Å². The molecule has 3 nitrogen and oxygen atoms in total. The highest BCUT2D eigenvalue weighted by molar-refractivity contribution is 6.30. The molecule has 4 heteroatoms. The number of amides is 1. The smallest absolute Gasteiger partial charge is 0.227 e. The number of pyridine rings is 1. The second-order valence-electron chi connectivity index (χ2n) is 8.32. The number of hydrogen-bond acceptors (Lipinski definition) is 2. The zero-order chi connectivity index (χ0) is 20.4. The predicted molar refractivity (Wildman–Crippen MR) is 120 cm³/mol. The van der Waals surface area contributed by atoms with Gasteiger partial charge in [-0.2, -0.15) is 0 Å². The molecular weight excluding hydrogens is 380 g/mol. The lowest BCUT2D eigenvalue weighted by atomic mass is 9.73. The molecular formula is C25H27ClN2O. The molecule has 1 heterocycles. The van der Waals surface area contributed by atoms with Crippen molar-refractivity contribution in [3.63, 3.8) is 0 Å². The topological polar surface area (TPSA) is 42.0 Å². The van der Waals surface area contributed by atoms with E-state index in [0.717, 1.165) is 36.9 Å². The van der Waals surface area contributed by atoms with Crippen LogP contribution in [0, 0.1) is 18.8 Å². The van der Waals surface area contributed by atoms with Crippen LogP contribution in [0.2, 0.25) is 5.02 Å². The molecule has 1 N–H and O–H groups in total. The Kier molecular flexibility index (Phi) is 5.86. The largest absolute Gasteiger partial charge is 0.326 e. The van der Waals surface area contributed by atoms with Gasteiger partial charge in [0, 0.05) is 28.2 Å². The van der Waals surface area contributed by atoms with Crippen LogP contribution >= 0.6 is 11.6 Å². The second kappa shape index (κ2) is 8.54. The van der Waals surface area contributed by atoms with E-state index in [1.54, 1.807) is 12.1 Å². The number of aromatic nitrogens is 1. The van der Waals surface area contributed by atoms with Crippen molar-refractivity contribution in [2.24, 2.45) is 11.8 Å². The van der Waals surface area contributed by atoms with Crippen LogP contribution in [0.15, 0.2) is 54.7 Å². The fraction of sp³-hybridized carbons (Fsp3) is 0.360. The average molecular weight is 407 g/mol. The third-order valence-corrected chi connectivity index (χ3v) is 6.63. The van der Waals surface area contributed by atoms with Crippen molar-refractivity contribution in [3.8, 4) is 0 Å². The third-order valence-electron chi connectivity index (χ3n) is 6.37. The number of anilines is 1. The van der Waals surface area contributed by atoms with E-state index in [2.05, 4.69) is 48.4 Å². The number of benzene rings is 2. The third kappa shape index (κ3) is 4.45. The highest BCUT2D eigenvalue weighted by atomic mass is 35.5. The van der Waals surface area contributed by atoms with E-state index in [0.29, 0.717) is 16.9 Å². The van der Waals surface area contributed by atoms with Crippen LogP contribution in [0.1, 0.15) is 49.7 Å². The first-order valence-electron chi connectivity index (χ1n) is 10.4. The lowest BCUT2D eigenvalue weighted by molar-refractivity contribution is -0.121. The van der Waals surface area contributed by atoms with Gasteiger partial charge in [0.15, 0.2) is 0 Å². The SMILES string of the molecule is Cc1ccc2nccc(C3CCC([C@@H](C)C(=O)Nc4ccc(Cl)cc4)CC3)c2c1. The minimum Gasteiger partial charge on any atom is -0.326 e. The van der Waals surface area contributed by atoms with Gasteiger partial charge in [0.1, 0.15) is 0 Å². The van der Waals surface area contributed by atoms with E-state index in [9.17, 15) is 4.79 Å². The van der Waals surface area contributed by atoms with Gasteiger partial charge in [-0.25, -0.2) is 0 Å². The zero-order valence-corrected chi connectivity index (χ0v) is 17.7. The van der Waals surface area contributed by atoms with Gasteiger partial charge < -0.3 is 5.32 Å². The summed E-state index contributed by atoms with van der Waals surface area (Å²) in [6.45, 7) is 4.19. The van der Waals surface area contributed by atoms with Gasteiger partial charge in [-0.3, -0.25) is 9.78 Å². The van der Waals surface area contributed by atoms with Gasteiger partial charge in [-0.05, 0) is 92.5 Å². The molecule has 3 aromatic rings. The van der Waals surface area contributed by atoms with Crippen molar-refractivity contribution in [2.75, 3.05) is 5.32 Å². The van der Waals surface area contributed by atoms with Crippen molar-refractivity contribution in [1.82, 2.24) is 4.98 Å². The first-order chi connectivity index (χ1) is 14.0. The molecule has 4 rings (SSSR count). The molecule has 29 heavy (non-hydrogen) atoms. The van der Waals surface area contributed by atoms with Crippen LogP contribution < -0.4 is 5.32 Å². The number of halogens is 1. The van der Waals surface area contributed by atoms with Gasteiger partial charge in [0.2, 0.25) is 5.91 Å². The van der Waals surface area contributed by atoms with E-state index in [1.807, 2.05) is 18.3 Å². The van der Waals surface area contributed by atoms with Crippen LogP contribution in [0.25, 0.3) is 10.9 Å². The Hall–Kier alpha value is -2.39. The molecule has 1 atom stereocenters. The molecule has 0 unspecified atom stereocenters. The number of fused-ring (bicyclic) bond motifs is 1. The molecule has 0 aliphatic heterocycles. The van der Waals surface area contributed by atoms with Crippen LogP contribution in [0.3, 0.4) is 0 Å². The Morgan fingerprint density at radius 3 is 2.52 bits per heavy atom. The summed E-state index contributed by atoms with van der Waals surface area (Å²) in [4.78, 5) is 17.2. The molecule has 0 radical (unpaired) electrons. The maximum Gasteiger partial charge on any atom is 0.227 e. The van der Waals surface area contributed by atoms with Crippen LogP contribution in [0.5, 0.6) is 0 Å². The molecule has 1 amide bonds. The van der Waals surface area contributed by atoms with Crippen molar-refractivity contribution in [3.05, 3.63) is 70.9 Å². The summed E-state index contributed by atoms with van der Waals surface area (Å²) in [5, 5.41) is 4.99. The normalized spacial score (nSPS) is 20.4. The van der Waals surface area contributed by atoms with Gasteiger partial charge >= 0.3 is 0 Å². The van der Waals surface area contributed by atoms with Crippen molar-refractivity contribution in [1.29, 1.82) is 0 Å². The van der Waals surface area contributed by atoms with Crippen LogP contribution in [0.4, 0.5) is 5.69 Å². The zero-order valence-electron chi connectivity index (χ0n) is 17.0. The van der Waals surface area contributed by atoms with Gasteiger partial charge in [0.25, 0.3) is 0 Å². The van der Waals surface area contributed by atoms with Gasteiger partial charge in [-0.1, -0.05) is 30.2 Å². The van der Waals surface area contributed by atoms with E-state index >= 15 is 0 Å². The summed E-state index contributed by atoms with van der Waals surface area (Å²) in [5.41, 5.74) is 4.56. The summed E-state index contributed by atoms with van der Waals surface area (Å²) in [6, 6.07) is 16.0. The maximum absolute atomic E-state index is 12.7. The predicted octanol–water partition coefficient (Wildman–Crippen LogP) is 6.75. The fourth-order valence-electron chi connectivity index (χ4n) is 4.57. The van der Waals surface area contributed by atoms with E-state index in [-0.39, 0.29) is 11.8 Å². The van der Waals surface area contributed by atoms with Crippen molar-refractivity contribution < 1.29 is 4.79 Å². The van der Waals surface area contributed by atoms with Crippen molar-refractivity contribution in [2.45, 2.75) is 45.4 Å². The molecule has 0 spiro atoms. The molecule has 0 saturated heterocycles. The Bertz CT molecular complexity index is 1010. The van der Waals surface area contributed by atoms with Crippen LogP contribution in [-0.2, 0) is 4.79 Å². The quantitative estimate of drug-likeness (QED) is 0.520. The lowest BCUT2D eigenvalue weighted by Gasteiger charge is -2.32. The standard InChI is InChI=1S/C25H27ClN2O/c1-16-3-12-24-23(15-16)22(13-14-27-24)19-6-4-18(5-7-19)17(2)25(29)28-21-10-8-20(26)9-11-21/h3,8-15,17-19H,4-7H2,1-2H3,(H,28,29)/t17-,18?,19?/m1/s1. The summed E-state index contributed by atoms with van der Waals surface area (Å²) < 4.78 is 0. The molecule has 0 bridgehead atoms. The molecule has 2 aromatic carbocycles. The number of nitrogens with one attached hydrogen (secondary N) is 1. The molecule has 1 aliphatic carbocycles. The number of carbonyl (C=O) groups is 1. The Balaban J connectivity index is 1.41. The highest BCUT2D eigenvalue weighted by Gasteiger charge is 2.30. The molecule has 1 saturated carbocycles. The first kappa shape index (κ1) is 19.9. The minimum atomic E-state index is 0.00283. The summed E-state index contributed by atoms with van der Waals surface area (Å²) >= 11 is 5.93. The summed E-state index contributed by atoms with van der Waals surface area (Å²) in [6.07, 6.45) is 6.33.